The third-order valence-corrected chi connectivity index (χ3v) is 3.32. The molecule has 0 aromatic heterocycles. The van der Waals surface area contributed by atoms with Gasteiger partial charge in [-0.3, -0.25) is 4.79 Å². The number of para-hydroxylation sites is 1. The van der Waals surface area contributed by atoms with Crippen molar-refractivity contribution in [2.24, 2.45) is 0 Å². The highest BCUT2D eigenvalue weighted by Crippen LogP contribution is 2.25. The maximum atomic E-state index is 13.8. The quantitative estimate of drug-likeness (QED) is 0.566. The number of nitrogen functional groups attached to an aromatic ring is 1. The van der Waals surface area contributed by atoms with Crippen molar-refractivity contribution >= 4 is 22.2 Å². The van der Waals surface area contributed by atoms with Crippen molar-refractivity contribution in [2.75, 3.05) is 5.73 Å². The molecule has 0 atom stereocenters. The van der Waals surface area contributed by atoms with Gasteiger partial charge >= 0.3 is 0 Å². The number of carbonyl (C=O) groups is 1. The normalized spacial score (nSPS) is 10.7. The lowest BCUT2D eigenvalue weighted by atomic mass is 9.96. The predicted molar refractivity (Wildman–Crippen MR) is 78.2 cm³/mol. The van der Waals surface area contributed by atoms with Crippen LogP contribution in [0.15, 0.2) is 60.7 Å². The van der Waals surface area contributed by atoms with Crippen LogP contribution in [0.4, 0.5) is 10.1 Å². The minimum Gasteiger partial charge on any atom is -0.398 e. The maximum absolute atomic E-state index is 13.8. The fourth-order valence-electron chi connectivity index (χ4n) is 2.31. The molecule has 3 aromatic rings. The highest BCUT2D eigenvalue weighted by Gasteiger charge is 2.15. The van der Waals surface area contributed by atoms with Crippen LogP contribution in [0.3, 0.4) is 0 Å². The molecule has 0 aliphatic carbocycles. The Balaban J connectivity index is 2.23. The lowest BCUT2D eigenvalue weighted by molar-refractivity contribution is 0.104. The Kier molecular flexibility index (Phi) is 2.95. The highest BCUT2D eigenvalue weighted by molar-refractivity contribution is 6.18. The van der Waals surface area contributed by atoms with Gasteiger partial charge in [-0.15, -0.1) is 0 Å². The summed E-state index contributed by atoms with van der Waals surface area (Å²) in [5, 5.41) is 1.04. The number of halogens is 1. The standard InChI is InChI=1S/C17H12FNO/c18-15-10-9-13(11-5-1-2-6-12(11)15)17(20)14-7-3-4-8-16(14)19/h1-10H,19H2. The van der Waals surface area contributed by atoms with Crippen molar-refractivity contribution in [1.29, 1.82) is 0 Å². The molecule has 20 heavy (non-hydrogen) atoms. The lowest BCUT2D eigenvalue weighted by Gasteiger charge is -2.08. The van der Waals surface area contributed by atoms with Crippen LogP contribution in [-0.2, 0) is 0 Å². The summed E-state index contributed by atoms with van der Waals surface area (Å²) in [6.45, 7) is 0. The smallest absolute Gasteiger partial charge is 0.195 e. The number of carbonyl (C=O) groups excluding carboxylic acids is 1. The van der Waals surface area contributed by atoms with Gasteiger partial charge in [-0.25, -0.2) is 4.39 Å². The SMILES string of the molecule is Nc1ccccc1C(=O)c1ccc(F)c2ccccc12. The zero-order chi connectivity index (χ0) is 14.1. The molecular weight excluding hydrogens is 253 g/mol. The zero-order valence-electron chi connectivity index (χ0n) is 10.6. The Morgan fingerprint density at radius 2 is 1.45 bits per heavy atom. The van der Waals surface area contributed by atoms with Crippen LogP contribution < -0.4 is 5.73 Å². The molecule has 0 aliphatic rings. The monoisotopic (exact) mass is 265 g/mol. The number of ketones is 1. The van der Waals surface area contributed by atoms with E-state index in [1.54, 1.807) is 48.5 Å². The van der Waals surface area contributed by atoms with Gasteiger partial charge in [0, 0.05) is 22.2 Å². The second kappa shape index (κ2) is 4.78. The fourth-order valence-corrected chi connectivity index (χ4v) is 2.31. The molecule has 0 saturated carbocycles. The van der Waals surface area contributed by atoms with Gasteiger partial charge in [0.05, 0.1) is 0 Å². The number of rotatable bonds is 2. The first-order valence-corrected chi connectivity index (χ1v) is 6.25. The third kappa shape index (κ3) is 1.93. The van der Waals surface area contributed by atoms with Crippen molar-refractivity contribution in [3.8, 4) is 0 Å². The first-order chi connectivity index (χ1) is 9.68. The maximum Gasteiger partial charge on any atom is 0.195 e. The van der Waals surface area contributed by atoms with Crippen molar-refractivity contribution in [3.63, 3.8) is 0 Å². The molecular formula is C17H12FNO. The highest BCUT2D eigenvalue weighted by atomic mass is 19.1. The lowest BCUT2D eigenvalue weighted by Crippen LogP contribution is -2.06. The van der Waals surface area contributed by atoms with Crippen LogP contribution in [0.1, 0.15) is 15.9 Å². The third-order valence-electron chi connectivity index (χ3n) is 3.32. The molecule has 0 saturated heterocycles. The van der Waals surface area contributed by atoms with Gasteiger partial charge < -0.3 is 5.73 Å². The first-order valence-electron chi connectivity index (χ1n) is 6.25. The number of benzene rings is 3. The van der Waals surface area contributed by atoms with Gasteiger partial charge in [-0.2, -0.15) is 0 Å². The average Bonchev–Trinajstić information content (AvgIpc) is 2.48. The molecule has 0 fully saturated rings. The number of fused-ring (bicyclic) bond motifs is 1. The summed E-state index contributed by atoms with van der Waals surface area (Å²) in [6.07, 6.45) is 0. The molecule has 0 unspecified atom stereocenters. The Hall–Kier alpha value is -2.68. The first kappa shape index (κ1) is 12.4. The topological polar surface area (TPSA) is 43.1 Å². The predicted octanol–water partition coefficient (Wildman–Crippen LogP) is 3.79. The van der Waals surface area contributed by atoms with E-state index >= 15 is 0 Å². The van der Waals surface area contributed by atoms with Crippen LogP contribution in [0.2, 0.25) is 0 Å². The number of nitrogens with two attached hydrogens (primary N) is 1. The summed E-state index contributed by atoms with van der Waals surface area (Å²) < 4.78 is 13.8. The largest absolute Gasteiger partial charge is 0.398 e. The van der Waals surface area contributed by atoms with Gasteiger partial charge in [0.25, 0.3) is 0 Å². The van der Waals surface area contributed by atoms with Crippen LogP contribution in [0.5, 0.6) is 0 Å². The van der Waals surface area contributed by atoms with Crippen LogP contribution in [0.25, 0.3) is 10.8 Å². The molecule has 0 amide bonds. The van der Waals surface area contributed by atoms with Gasteiger partial charge in [0.1, 0.15) is 5.82 Å². The molecule has 0 radical (unpaired) electrons. The average molecular weight is 265 g/mol. The Bertz CT molecular complexity index is 811. The van der Waals surface area contributed by atoms with Crippen molar-refractivity contribution < 1.29 is 9.18 Å². The summed E-state index contributed by atoms with van der Waals surface area (Å²) in [4.78, 5) is 12.6. The van der Waals surface area contributed by atoms with E-state index in [4.69, 9.17) is 5.73 Å². The van der Waals surface area contributed by atoms with E-state index in [1.165, 1.54) is 12.1 Å². The second-order valence-electron chi connectivity index (χ2n) is 4.56. The molecule has 2 N–H and O–H groups in total. The number of hydrogen-bond donors (Lipinski definition) is 1. The summed E-state index contributed by atoms with van der Waals surface area (Å²) in [6, 6.07) is 16.6. The summed E-state index contributed by atoms with van der Waals surface area (Å²) in [7, 11) is 0. The van der Waals surface area contributed by atoms with E-state index in [9.17, 15) is 9.18 Å². The van der Waals surface area contributed by atoms with E-state index in [1.807, 2.05) is 0 Å². The summed E-state index contributed by atoms with van der Waals surface area (Å²) in [5.41, 5.74) is 7.15. The van der Waals surface area contributed by atoms with E-state index in [0.29, 0.717) is 27.6 Å². The van der Waals surface area contributed by atoms with Gasteiger partial charge in [0.15, 0.2) is 5.78 Å². The molecule has 0 spiro atoms. The van der Waals surface area contributed by atoms with Gasteiger partial charge in [-0.1, -0.05) is 36.4 Å². The Morgan fingerprint density at radius 3 is 2.20 bits per heavy atom. The van der Waals surface area contributed by atoms with Crippen molar-refractivity contribution in [1.82, 2.24) is 0 Å². The molecule has 0 bridgehead atoms. The molecule has 3 rings (SSSR count). The minimum atomic E-state index is -0.335. The number of anilines is 1. The van der Waals surface area contributed by atoms with Crippen molar-refractivity contribution in [2.45, 2.75) is 0 Å². The Labute approximate surface area is 115 Å². The molecule has 98 valence electrons. The van der Waals surface area contributed by atoms with Crippen LogP contribution in [-0.4, -0.2) is 5.78 Å². The van der Waals surface area contributed by atoms with E-state index in [-0.39, 0.29) is 11.6 Å². The van der Waals surface area contributed by atoms with E-state index in [0.717, 1.165) is 0 Å². The van der Waals surface area contributed by atoms with Crippen LogP contribution in [0, 0.1) is 5.82 Å². The molecule has 2 nitrogen and oxygen atoms in total. The molecule has 0 heterocycles. The second-order valence-corrected chi connectivity index (χ2v) is 4.56. The van der Waals surface area contributed by atoms with Gasteiger partial charge in [-0.05, 0) is 29.7 Å². The van der Waals surface area contributed by atoms with E-state index in [2.05, 4.69) is 0 Å². The summed E-state index contributed by atoms with van der Waals surface area (Å²) in [5.74, 6) is -0.530. The molecule has 3 aromatic carbocycles. The molecule has 3 heteroatoms. The van der Waals surface area contributed by atoms with Crippen molar-refractivity contribution in [3.05, 3.63) is 77.6 Å². The van der Waals surface area contributed by atoms with E-state index < -0.39 is 0 Å². The zero-order valence-corrected chi connectivity index (χ0v) is 10.6. The van der Waals surface area contributed by atoms with Crippen LogP contribution >= 0.6 is 0 Å². The Morgan fingerprint density at radius 1 is 0.800 bits per heavy atom. The van der Waals surface area contributed by atoms with Gasteiger partial charge in [0.2, 0.25) is 0 Å². The number of hydrogen-bond acceptors (Lipinski definition) is 2. The fraction of sp³-hybridized carbons (Fsp3) is 0. The summed E-state index contributed by atoms with van der Waals surface area (Å²) >= 11 is 0. The molecule has 0 aliphatic heterocycles. The minimum absolute atomic E-state index is 0.195.